The van der Waals surface area contributed by atoms with Crippen LogP contribution in [0.4, 0.5) is 0 Å². The Labute approximate surface area is 244 Å². The quantitative estimate of drug-likeness (QED) is 0.306. The van der Waals surface area contributed by atoms with E-state index in [-0.39, 0.29) is 11.7 Å². The number of nitrogens with two attached hydrogens (primary N) is 1. The molecule has 40 heavy (non-hydrogen) atoms. The summed E-state index contributed by atoms with van der Waals surface area (Å²) in [6.45, 7) is 23.2. The molecule has 0 spiro atoms. The lowest BCUT2D eigenvalue weighted by molar-refractivity contribution is -0.117. The lowest BCUT2D eigenvalue weighted by atomic mass is 9.96. The van der Waals surface area contributed by atoms with E-state index >= 15 is 0 Å². The van der Waals surface area contributed by atoms with E-state index in [4.69, 9.17) is 11.0 Å². The molecule has 0 saturated heterocycles. The predicted octanol–water partition coefficient (Wildman–Crippen LogP) is 8.56. The van der Waals surface area contributed by atoms with E-state index in [0.29, 0.717) is 11.6 Å². The Morgan fingerprint density at radius 3 is 2.10 bits per heavy atom. The van der Waals surface area contributed by atoms with Crippen molar-refractivity contribution in [2.24, 2.45) is 23.5 Å². The van der Waals surface area contributed by atoms with E-state index in [1.165, 1.54) is 11.1 Å². The molecule has 0 amide bonds. The van der Waals surface area contributed by atoms with Gasteiger partial charge < -0.3 is 10.6 Å². The van der Waals surface area contributed by atoms with Crippen LogP contribution in [-0.4, -0.2) is 24.3 Å². The number of nitriles is 1. The third kappa shape index (κ3) is 12.6. The van der Waals surface area contributed by atoms with Crippen molar-refractivity contribution >= 4 is 16.9 Å². The molecule has 1 fully saturated rings. The van der Waals surface area contributed by atoms with Gasteiger partial charge in [-0.1, -0.05) is 82.8 Å². The minimum Gasteiger partial charge on any atom is -0.348 e. The first-order valence-corrected chi connectivity index (χ1v) is 14.4. The fourth-order valence-electron chi connectivity index (χ4n) is 3.90. The second kappa shape index (κ2) is 17.3. The van der Waals surface area contributed by atoms with Crippen LogP contribution >= 0.6 is 0 Å². The number of likely N-dealkylation sites (N-methyl/N-ethyl adjacent to an activating group) is 1. The molecule has 1 unspecified atom stereocenters. The standard InChI is InChI=1S/C21H30N2O.C11H11N.C4H10/c1-15(11-12-22)13-18-5-7-19(8-6-18)16(2)14-23(4)17(3)21(24)20-9-10-20;1-8(2)10-5-4-9(3)11(6-10)7-12;1-4(2)3/h5-8,14-15,20H,3,9-13,22H2,1-2,4H3;4-6H,1H2,2-3H3;4H,1-3H3/b16-14+;;. The number of rotatable bonds is 10. The lowest BCUT2D eigenvalue weighted by Gasteiger charge is -2.17. The van der Waals surface area contributed by atoms with E-state index in [9.17, 15) is 4.79 Å². The lowest BCUT2D eigenvalue weighted by Crippen LogP contribution is -2.19. The number of hydrogen-bond acceptors (Lipinski definition) is 4. The Morgan fingerprint density at radius 1 is 1.07 bits per heavy atom. The van der Waals surface area contributed by atoms with Crippen molar-refractivity contribution in [1.82, 2.24) is 4.90 Å². The molecule has 4 heteroatoms. The molecule has 0 bridgehead atoms. The smallest absolute Gasteiger partial charge is 0.181 e. The highest BCUT2D eigenvalue weighted by atomic mass is 16.1. The van der Waals surface area contributed by atoms with Gasteiger partial charge in [0.2, 0.25) is 0 Å². The first-order chi connectivity index (χ1) is 18.8. The monoisotopic (exact) mass is 541 g/mol. The maximum atomic E-state index is 12.1. The first kappa shape index (κ1) is 34.6. The zero-order valence-corrected chi connectivity index (χ0v) is 26.2. The number of allylic oxidation sites excluding steroid dienone is 3. The number of benzene rings is 2. The van der Waals surface area contributed by atoms with Gasteiger partial charge in [-0.15, -0.1) is 0 Å². The molecule has 0 radical (unpaired) electrons. The summed E-state index contributed by atoms with van der Waals surface area (Å²) in [4.78, 5) is 13.9. The molecule has 2 N–H and O–H groups in total. The molecule has 1 aliphatic carbocycles. The van der Waals surface area contributed by atoms with Crippen molar-refractivity contribution in [2.75, 3.05) is 13.6 Å². The Bertz CT molecular complexity index is 1190. The maximum Gasteiger partial charge on any atom is 0.181 e. The summed E-state index contributed by atoms with van der Waals surface area (Å²) in [5.74, 6) is 1.84. The zero-order valence-electron chi connectivity index (χ0n) is 26.2. The van der Waals surface area contributed by atoms with E-state index in [0.717, 1.165) is 66.0 Å². The van der Waals surface area contributed by atoms with Crippen LogP contribution in [0.3, 0.4) is 0 Å². The van der Waals surface area contributed by atoms with Crippen molar-refractivity contribution in [3.63, 3.8) is 0 Å². The molecule has 1 atom stereocenters. The highest BCUT2D eigenvalue weighted by Gasteiger charge is 2.32. The Kier molecular flexibility index (Phi) is 15.0. The van der Waals surface area contributed by atoms with Crippen LogP contribution in [0.2, 0.25) is 0 Å². The second-order valence-corrected chi connectivity index (χ2v) is 11.7. The molecular weight excluding hydrogens is 490 g/mol. The summed E-state index contributed by atoms with van der Waals surface area (Å²) >= 11 is 0. The van der Waals surface area contributed by atoms with Gasteiger partial charge in [-0.25, -0.2) is 0 Å². The summed E-state index contributed by atoms with van der Waals surface area (Å²) < 4.78 is 0. The van der Waals surface area contributed by atoms with E-state index < -0.39 is 0 Å². The van der Waals surface area contributed by atoms with Crippen molar-refractivity contribution < 1.29 is 4.79 Å². The van der Waals surface area contributed by atoms with Crippen LogP contribution in [0.1, 0.15) is 88.6 Å². The number of aryl methyl sites for hydroxylation is 1. The minimum atomic E-state index is 0.186. The molecule has 1 saturated carbocycles. The van der Waals surface area contributed by atoms with Crippen molar-refractivity contribution in [1.29, 1.82) is 5.26 Å². The Balaban J connectivity index is 0.000000415. The number of carbonyl (C=O) groups excluding carboxylic acids is 1. The molecule has 2 aromatic rings. The molecule has 1 aliphatic rings. The number of hydrogen-bond donors (Lipinski definition) is 1. The van der Waals surface area contributed by atoms with Gasteiger partial charge in [0.15, 0.2) is 5.78 Å². The summed E-state index contributed by atoms with van der Waals surface area (Å²) in [6.07, 6.45) is 6.14. The Morgan fingerprint density at radius 2 is 1.62 bits per heavy atom. The van der Waals surface area contributed by atoms with Crippen molar-refractivity contribution in [3.05, 3.63) is 95.3 Å². The van der Waals surface area contributed by atoms with Gasteiger partial charge in [0.25, 0.3) is 0 Å². The molecule has 2 aromatic carbocycles. The van der Waals surface area contributed by atoms with Gasteiger partial charge in [0.1, 0.15) is 0 Å². The van der Waals surface area contributed by atoms with Crippen LogP contribution < -0.4 is 5.73 Å². The highest BCUT2D eigenvalue weighted by molar-refractivity contribution is 5.97. The van der Waals surface area contributed by atoms with Crippen molar-refractivity contribution in [2.45, 2.75) is 74.1 Å². The minimum absolute atomic E-state index is 0.186. The molecule has 3 rings (SSSR count). The molecule has 0 aromatic heterocycles. The van der Waals surface area contributed by atoms with Crippen LogP contribution in [0.25, 0.3) is 11.1 Å². The largest absolute Gasteiger partial charge is 0.348 e. The predicted molar refractivity (Wildman–Crippen MR) is 172 cm³/mol. The van der Waals surface area contributed by atoms with Gasteiger partial charge in [0.05, 0.1) is 17.3 Å². The SMILES string of the molecule is C=C(C(=O)C1CC1)N(C)/C=C(\C)c1ccc(CC(C)CCN)cc1.C=C(C)c1ccc(C)c(C#N)c1.CC(C)C. The van der Waals surface area contributed by atoms with Crippen LogP contribution in [0, 0.1) is 36.0 Å². The van der Waals surface area contributed by atoms with E-state index in [1.54, 1.807) is 0 Å². The summed E-state index contributed by atoms with van der Waals surface area (Å²) in [6, 6.07) is 16.6. The second-order valence-electron chi connectivity index (χ2n) is 11.7. The van der Waals surface area contributed by atoms with E-state index in [2.05, 4.69) is 78.1 Å². The van der Waals surface area contributed by atoms with E-state index in [1.807, 2.05) is 50.2 Å². The highest BCUT2D eigenvalue weighted by Crippen LogP contribution is 2.32. The normalized spacial score (nSPS) is 13.2. The third-order valence-corrected chi connectivity index (χ3v) is 6.55. The van der Waals surface area contributed by atoms with Gasteiger partial charge in [-0.05, 0) is 98.7 Å². The number of Topliss-reactive ketones (excluding diaryl/α,β-unsaturated/α-hetero) is 1. The fourth-order valence-corrected chi connectivity index (χ4v) is 3.90. The number of ketones is 1. The first-order valence-electron chi connectivity index (χ1n) is 14.4. The van der Waals surface area contributed by atoms with Gasteiger partial charge in [0, 0.05) is 19.2 Å². The molecular formula is C36H51N3O. The maximum absolute atomic E-state index is 12.1. The van der Waals surface area contributed by atoms with Crippen LogP contribution in [0.15, 0.2) is 67.5 Å². The van der Waals surface area contributed by atoms with Crippen LogP contribution in [-0.2, 0) is 11.2 Å². The molecule has 4 nitrogen and oxygen atoms in total. The number of carbonyl (C=O) groups is 1. The third-order valence-electron chi connectivity index (χ3n) is 6.55. The van der Waals surface area contributed by atoms with Crippen LogP contribution in [0.5, 0.6) is 0 Å². The van der Waals surface area contributed by atoms with Gasteiger partial charge >= 0.3 is 0 Å². The summed E-state index contributed by atoms with van der Waals surface area (Å²) in [5.41, 5.74) is 13.6. The summed E-state index contributed by atoms with van der Waals surface area (Å²) in [7, 11) is 1.90. The van der Waals surface area contributed by atoms with Crippen molar-refractivity contribution in [3.8, 4) is 6.07 Å². The zero-order chi connectivity index (χ0) is 30.4. The van der Waals surface area contributed by atoms with Gasteiger partial charge in [-0.3, -0.25) is 4.79 Å². The average Bonchev–Trinajstić information content (AvgIpc) is 3.74. The molecule has 0 heterocycles. The Hall–Kier alpha value is -3.42. The van der Waals surface area contributed by atoms with Gasteiger partial charge in [-0.2, -0.15) is 5.26 Å². The molecule has 216 valence electrons. The summed E-state index contributed by atoms with van der Waals surface area (Å²) in [5, 5.41) is 8.74. The average molecular weight is 542 g/mol. The molecule has 0 aliphatic heterocycles. The topological polar surface area (TPSA) is 70.1 Å². The fraction of sp³-hybridized carbons (Fsp3) is 0.444. The number of nitrogens with zero attached hydrogens (tertiary/aromatic N) is 2.